The molecule has 0 aromatic heterocycles. The number of rotatable bonds is 3. The van der Waals surface area contributed by atoms with E-state index >= 15 is 0 Å². The predicted octanol–water partition coefficient (Wildman–Crippen LogP) is 3.83. The van der Waals surface area contributed by atoms with E-state index in [0.717, 1.165) is 6.07 Å². The minimum absolute atomic E-state index is 0.199. The first-order chi connectivity index (χ1) is 9.09. The van der Waals surface area contributed by atoms with Gasteiger partial charge in [-0.2, -0.15) is 0 Å². The summed E-state index contributed by atoms with van der Waals surface area (Å²) in [7, 11) is 0. The molecule has 1 aromatic carbocycles. The van der Waals surface area contributed by atoms with E-state index in [1.807, 2.05) is 27.7 Å². The highest BCUT2D eigenvalue weighted by atomic mass is 19.2. The highest BCUT2D eigenvalue weighted by Crippen LogP contribution is 2.68. The van der Waals surface area contributed by atoms with Crippen LogP contribution in [0.4, 0.5) is 13.2 Å². The van der Waals surface area contributed by atoms with Gasteiger partial charge in [-0.25, -0.2) is 13.2 Å². The van der Waals surface area contributed by atoms with Crippen LogP contribution in [0, 0.1) is 34.2 Å². The molecule has 1 aliphatic rings. The number of hydrogen-bond acceptors (Lipinski definition) is 2. The van der Waals surface area contributed by atoms with E-state index in [1.54, 1.807) is 0 Å². The summed E-state index contributed by atoms with van der Waals surface area (Å²) in [6.45, 7) is 7.31. The fourth-order valence-electron chi connectivity index (χ4n) is 2.73. The highest BCUT2D eigenvalue weighted by Gasteiger charge is 2.69. The average molecular weight is 286 g/mol. The van der Waals surface area contributed by atoms with Crippen LogP contribution in [0.15, 0.2) is 12.1 Å². The Morgan fingerprint density at radius 3 is 2.20 bits per heavy atom. The van der Waals surface area contributed by atoms with Crippen molar-refractivity contribution in [2.75, 3.05) is 0 Å². The lowest BCUT2D eigenvalue weighted by Crippen LogP contribution is -2.12. The number of carbonyl (C=O) groups excluding carboxylic acids is 1. The maximum atomic E-state index is 13.4. The lowest BCUT2D eigenvalue weighted by molar-refractivity contribution is -0.148. The van der Waals surface area contributed by atoms with Crippen LogP contribution in [0.5, 0.6) is 0 Å². The van der Waals surface area contributed by atoms with Crippen LogP contribution in [-0.2, 0) is 16.1 Å². The minimum Gasteiger partial charge on any atom is -0.460 e. The minimum atomic E-state index is -1.29. The first kappa shape index (κ1) is 14.9. The third-order valence-corrected chi connectivity index (χ3v) is 4.69. The fraction of sp³-hybridized carbons (Fsp3) is 0.533. The van der Waals surface area contributed by atoms with Crippen molar-refractivity contribution >= 4 is 5.97 Å². The van der Waals surface area contributed by atoms with Crippen molar-refractivity contribution in [1.29, 1.82) is 0 Å². The molecule has 0 atom stereocenters. The van der Waals surface area contributed by atoms with Gasteiger partial charge in [-0.05, 0) is 16.9 Å². The van der Waals surface area contributed by atoms with Crippen molar-refractivity contribution in [2.24, 2.45) is 16.7 Å². The Morgan fingerprint density at radius 1 is 1.15 bits per heavy atom. The number of halogens is 3. The maximum Gasteiger partial charge on any atom is 0.310 e. The lowest BCUT2D eigenvalue weighted by atomic mass is 10.0. The van der Waals surface area contributed by atoms with Crippen LogP contribution < -0.4 is 0 Å². The monoisotopic (exact) mass is 286 g/mol. The molecule has 0 bridgehead atoms. The average Bonchev–Trinajstić information content (AvgIpc) is 2.72. The van der Waals surface area contributed by atoms with Gasteiger partial charge in [0.1, 0.15) is 12.4 Å². The molecule has 110 valence electrons. The highest BCUT2D eigenvalue weighted by molar-refractivity contribution is 5.78. The van der Waals surface area contributed by atoms with Crippen LogP contribution in [-0.4, -0.2) is 5.97 Å². The largest absolute Gasteiger partial charge is 0.460 e. The van der Waals surface area contributed by atoms with Gasteiger partial charge >= 0.3 is 5.97 Å². The van der Waals surface area contributed by atoms with E-state index in [9.17, 15) is 18.0 Å². The van der Waals surface area contributed by atoms with Crippen molar-refractivity contribution in [1.82, 2.24) is 0 Å². The van der Waals surface area contributed by atoms with Crippen molar-refractivity contribution in [3.8, 4) is 0 Å². The number of carbonyl (C=O) groups is 1. The van der Waals surface area contributed by atoms with Crippen LogP contribution in [0.2, 0.25) is 0 Å². The van der Waals surface area contributed by atoms with E-state index in [-0.39, 0.29) is 22.3 Å². The van der Waals surface area contributed by atoms with Gasteiger partial charge in [0.05, 0.1) is 5.92 Å². The number of esters is 1. The molecule has 0 heterocycles. The van der Waals surface area contributed by atoms with Crippen molar-refractivity contribution in [3.63, 3.8) is 0 Å². The molecule has 0 saturated heterocycles. The summed E-state index contributed by atoms with van der Waals surface area (Å²) in [6, 6.07) is 1.28. The summed E-state index contributed by atoms with van der Waals surface area (Å²) in [5.41, 5.74) is -0.696. The number of benzene rings is 1. The Morgan fingerprint density at radius 2 is 1.70 bits per heavy atom. The molecule has 2 rings (SSSR count). The summed E-state index contributed by atoms with van der Waals surface area (Å²) in [5.74, 6) is -4.14. The van der Waals surface area contributed by atoms with Gasteiger partial charge in [0, 0.05) is 11.6 Å². The molecule has 20 heavy (non-hydrogen) atoms. The Bertz CT molecular complexity index is 550. The van der Waals surface area contributed by atoms with Gasteiger partial charge in [-0.1, -0.05) is 27.7 Å². The summed E-state index contributed by atoms with van der Waals surface area (Å²) >= 11 is 0. The normalized spacial score (nSPS) is 19.8. The summed E-state index contributed by atoms with van der Waals surface area (Å²) in [5, 5.41) is 0. The number of hydrogen-bond donors (Lipinski definition) is 0. The summed E-state index contributed by atoms with van der Waals surface area (Å²) in [6.07, 6.45) is 0. The first-order valence-corrected chi connectivity index (χ1v) is 6.39. The van der Waals surface area contributed by atoms with E-state index in [1.165, 1.54) is 0 Å². The predicted molar refractivity (Wildman–Crippen MR) is 67.2 cm³/mol. The Labute approximate surface area is 115 Å². The Balaban J connectivity index is 2.06. The third-order valence-electron chi connectivity index (χ3n) is 4.69. The zero-order valence-electron chi connectivity index (χ0n) is 11.9. The summed E-state index contributed by atoms with van der Waals surface area (Å²) in [4.78, 5) is 12.0. The van der Waals surface area contributed by atoms with E-state index in [4.69, 9.17) is 4.74 Å². The second kappa shape index (κ2) is 4.50. The van der Waals surface area contributed by atoms with Crippen LogP contribution in [0.25, 0.3) is 0 Å². The van der Waals surface area contributed by atoms with E-state index < -0.39 is 30.0 Å². The molecule has 0 radical (unpaired) electrons. The van der Waals surface area contributed by atoms with E-state index in [0.29, 0.717) is 6.07 Å². The Hall–Kier alpha value is -1.52. The smallest absolute Gasteiger partial charge is 0.310 e. The standard InChI is InChI=1S/C15H17F3O2/c1-14(2)12(15(14,3)4)13(19)20-7-8-5-9(16)6-10(17)11(8)18/h5-6,12H,7H2,1-4H3. The third kappa shape index (κ3) is 2.19. The van der Waals surface area contributed by atoms with Crippen molar-refractivity contribution in [2.45, 2.75) is 34.3 Å². The molecule has 0 unspecified atom stereocenters. The lowest BCUT2D eigenvalue weighted by Gasteiger charge is -2.07. The molecule has 0 aliphatic heterocycles. The molecular weight excluding hydrogens is 269 g/mol. The van der Waals surface area contributed by atoms with Crippen molar-refractivity contribution < 1.29 is 22.7 Å². The zero-order valence-corrected chi connectivity index (χ0v) is 11.9. The van der Waals surface area contributed by atoms with Crippen molar-refractivity contribution in [3.05, 3.63) is 35.1 Å². The first-order valence-electron chi connectivity index (χ1n) is 6.39. The molecule has 0 spiro atoms. The fourth-order valence-corrected chi connectivity index (χ4v) is 2.73. The van der Waals surface area contributed by atoms with Gasteiger partial charge < -0.3 is 4.74 Å². The SMILES string of the molecule is CC1(C)C(C(=O)OCc2cc(F)cc(F)c2F)C1(C)C. The van der Waals surface area contributed by atoms with Crippen LogP contribution in [0.3, 0.4) is 0 Å². The molecule has 1 aromatic rings. The quantitative estimate of drug-likeness (QED) is 0.623. The molecule has 0 amide bonds. The zero-order chi connectivity index (χ0) is 15.3. The van der Waals surface area contributed by atoms with Gasteiger partial charge in [0.2, 0.25) is 0 Å². The molecule has 2 nitrogen and oxygen atoms in total. The molecule has 0 N–H and O–H groups in total. The molecule has 1 fully saturated rings. The van der Waals surface area contributed by atoms with Gasteiger partial charge in [-0.15, -0.1) is 0 Å². The molecule has 1 aliphatic carbocycles. The van der Waals surface area contributed by atoms with Crippen LogP contribution >= 0.6 is 0 Å². The van der Waals surface area contributed by atoms with Gasteiger partial charge in [-0.3, -0.25) is 4.79 Å². The number of ether oxygens (including phenoxy) is 1. The maximum absolute atomic E-state index is 13.4. The van der Waals surface area contributed by atoms with Gasteiger partial charge in [0.25, 0.3) is 0 Å². The Kier molecular flexibility index (Phi) is 3.35. The van der Waals surface area contributed by atoms with Gasteiger partial charge in [0.15, 0.2) is 11.6 Å². The molecule has 1 saturated carbocycles. The molecular formula is C15H17F3O2. The second-order valence-corrected chi connectivity index (χ2v) is 6.34. The summed E-state index contributed by atoms with van der Waals surface area (Å²) < 4.78 is 44.5. The second-order valence-electron chi connectivity index (χ2n) is 6.34. The molecule has 5 heteroatoms. The van der Waals surface area contributed by atoms with Crippen LogP contribution in [0.1, 0.15) is 33.3 Å². The topological polar surface area (TPSA) is 26.3 Å². The van der Waals surface area contributed by atoms with E-state index in [2.05, 4.69) is 0 Å².